The van der Waals surface area contributed by atoms with Crippen molar-refractivity contribution < 1.29 is 4.74 Å². The Hall–Kier alpha value is -1.88. The van der Waals surface area contributed by atoms with Gasteiger partial charge in [-0.25, -0.2) is 0 Å². The molecule has 3 rings (SSSR count). The number of fused-ring (bicyclic) bond motifs is 1. The lowest BCUT2D eigenvalue weighted by molar-refractivity contribution is 0.356. The zero-order chi connectivity index (χ0) is 14.7. The molecule has 1 aromatic heterocycles. The molecular formula is C16H22N4O. The Morgan fingerprint density at radius 1 is 1.38 bits per heavy atom. The van der Waals surface area contributed by atoms with E-state index in [-0.39, 0.29) is 0 Å². The van der Waals surface area contributed by atoms with Gasteiger partial charge < -0.3 is 14.6 Å². The molecule has 2 aromatic rings. The van der Waals surface area contributed by atoms with Crippen molar-refractivity contribution in [3.63, 3.8) is 0 Å². The average Bonchev–Trinajstić information content (AvgIpc) is 3.15. The van der Waals surface area contributed by atoms with Crippen molar-refractivity contribution in [3.05, 3.63) is 41.5 Å². The van der Waals surface area contributed by atoms with Gasteiger partial charge in [0.2, 0.25) is 0 Å². The summed E-state index contributed by atoms with van der Waals surface area (Å²) in [6, 6.07) is 6.86. The van der Waals surface area contributed by atoms with E-state index in [9.17, 15) is 0 Å². The Bertz CT molecular complexity index is 608. The number of aryl methyl sites for hydroxylation is 1. The molecule has 112 valence electrons. The van der Waals surface area contributed by atoms with Gasteiger partial charge in [-0.1, -0.05) is 19.1 Å². The molecule has 0 radical (unpaired) electrons. The number of aromatic nitrogens is 3. The second-order valence-electron chi connectivity index (χ2n) is 5.34. The van der Waals surface area contributed by atoms with Gasteiger partial charge in [-0.3, -0.25) is 0 Å². The van der Waals surface area contributed by atoms with Crippen LogP contribution in [0.25, 0.3) is 0 Å². The first-order valence-corrected chi connectivity index (χ1v) is 7.67. The topological polar surface area (TPSA) is 52.0 Å². The van der Waals surface area contributed by atoms with Gasteiger partial charge in [0, 0.05) is 19.0 Å². The Morgan fingerprint density at radius 3 is 3.10 bits per heavy atom. The van der Waals surface area contributed by atoms with Crippen LogP contribution < -0.4 is 10.1 Å². The average molecular weight is 286 g/mol. The molecule has 21 heavy (non-hydrogen) atoms. The highest BCUT2D eigenvalue weighted by Gasteiger charge is 2.16. The van der Waals surface area contributed by atoms with Crippen LogP contribution in [0.3, 0.4) is 0 Å². The van der Waals surface area contributed by atoms with Gasteiger partial charge in [0.1, 0.15) is 17.9 Å². The maximum absolute atomic E-state index is 5.57. The van der Waals surface area contributed by atoms with Crippen LogP contribution in [-0.2, 0) is 19.5 Å². The van der Waals surface area contributed by atoms with E-state index in [2.05, 4.69) is 52.1 Å². The van der Waals surface area contributed by atoms with E-state index >= 15 is 0 Å². The van der Waals surface area contributed by atoms with Crippen molar-refractivity contribution in [2.45, 2.75) is 45.8 Å². The summed E-state index contributed by atoms with van der Waals surface area (Å²) in [4.78, 5) is 0. The van der Waals surface area contributed by atoms with E-state index in [1.54, 1.807) is 6.33 Å². The second kappa shape index (κ2) is 6.26. The third-order valence-electron chi connectivity index (χ3n) is 4.07. The van der Waals surface area contributed by atoms with Crippen molar-refractivity contribution in [2.75, 3.05) is 6.61 Å². The van der Waals surface area contributed by atoms with Crippen LogP contribution in [0.4, 0.5) is 0 Å². The summed E-state index contributed by atoms with van der Waals surface area (Å²) in [7, 11) is 0. The molecule has 1 aromatic carbocycles. The van der Waals surface area contributed by atoms with Crippen molar-refractivity contribution in [1.29, 1.82) is 0 Å². The van der Waals surface area contributed by atoms with Crippen molar-refractivity contribution in [1.82, 2.24) is 20.1 Å². The first-order chi connectivity index (χ1) is 10.3. The maximum atomic E-state index is 5.57. The summed E-state index contributed by atoms with van der Waals surface area (Å²) in [5.74, 6) is 2.03. The number of hydrogen-bond acceptors (Lipinski definition) is 4. The van der Waals surface area contributed by atoms with E-state index in [1.807, 2.05) is 0 Å². The molecule has 0 saturated heterocycles. The SMILES string of the molecule is CCC(NCc1nncn1CC)c1ccc2c(c1)CCO2. The lowest BCUT2D eigenvalue weighted by atomic mass is 10.0. The molecule has 0 spiro atoms. The predicted molar refractivity (Wildman–Crippen MR) is 81.2 cm³/mol. The van der Waals surface area contributed by atoms with Crippen molar-refractivity contribution >= 4 is 0 Å². The second-order valence-corrected chi connectivity index (χ2v) is 5.34. The molecule has 2 heterocycles. The zero-order valence-corrected chi connectivity index (χ0v) is 12.7. The van der Waals surface area contributed by atoms with E-state index < -0.39 is 0 Å². The lowest BCUT2D eigenvalue weighted by Gasteiger charge is -2.18. The van der Waals surface area contributed by atoms with Crippen LogP contribution in [0.5, 0.6) is 5.75 Å². The smallest absolute Gasteiger partial charge is 0.146 e. The van der Waals surface area contributed by atoms with Crippen LogP contribution in [0, 0.1) is 0 Å². The quantitative estimate of drug-likeness (QED) is 0.886. The minimum atomic E-state index is 0.331. The molecule has 0 amide bonds. The van der Waals surface area contributed by atoms with Gasteiger partial charge in [0.25, 0.3) is 0 Å². The third-order valence-corrected chi connectivity index (χ3v) is 4.07. The van der Waals surface area contributed by atoms with E-state index in [0.717, 1.165) is 44.1 Å². The van der Waals surface area contributed by atoms with Gasteiger partial charge in [0.15, 0.2) is 0 Å². The number of rotatable bonds is 6. The van der Waals surface area contributed by atoms with Crippen molar-refractivity contribution in [3.8, 4) is 5.75 Å². The van der Waals surface area contributed by atoms with Gasteiger partial charge in [-0.15, -0.1) is 10.2 Å². The molecule has 1 N–H and O–H groups in total. The van der Waals surface area contributed by atoms with Crippen molar-refractivity contribution in [2.24, 2.45) is 0 Å². The number of benzene rings is 1. The predicted octanol–water partition coefficient (Wildman–Crippen LogP) is 2.47. The standard InChI is InChI=1S/C16H22N4O/c1-3-14(17-10-16-19-18-11-20(16)4-2)12-5-6-15-13(9-12)7-8-21-15/h5-6,9,11,14,17H,3-4,7-8,10H2,1-2H3. The monoisotopic (exact) mass is 286 g/mol. The molecular weight excluding hydrogens is 264 g/mol. The Balaban J connectivity index is 1.70. The molecule has 0 aliphatic carbocycles. The fourth-order valence-electron chi connectivity index (χ4n) is 2.82. The fraction of sp³-hybridized carbons (Fsp3) is 0.500. The van der Waals surface area contributed by atoms with E-state index in [4.69, 9.17) is 4.74 Å². The fourth-order valence-corrected chi connectivity index (χ4v) is 2.82. The van der Waals surface area contributed by atoms with Crippen LogP contribution in [0.15, 0.2) is 24.5 Å². The van der Waals surface area contributed by atoms with Gasteiger partial charge in [-0.2, -0.15) is 0 Å². The molecule has 0 bridgehead atoms. The number of ether oxygens (including phenoxy) is 1. The summed E-state index contributed by atoms with van der Waals surface area (Å²) >= 11 is 0. The van der Waals surface area contributed by atoms with Crippen LogP contribution >= 0.6 is 0 Å². The summed E-state index contributed by atoms with van der Waals surface area (Å²) in [6.07, 6.45) is 3.84. The van der Waals surface area contributed by atoms with Crippen LogP contribution in [0.2, 0.25) is 0 Å². The highest BCUT2D eigenvalue weighted by molar-refractivity contribution is 5.40. The maximum Gasteiger partial charge on any atom is 0.146 e. The Kier molecular flexibility index (Phi) is 4.20. The lowest BCUT2D eigenvalue weighted by Crippen LogP contribution is -2.22. The number of nitrogens with zero attached hydrogens (tertiary/aromatic N) is 3. The zero-order valence-electron chi connectivity index (χ0n) is 12.7. The summed E-state index contributed by atoms with van der Waals surface area (Å²) in [6.45, 7) is 6.75. The molecule has 0 saturated carbocycles. The Morgan fingerprint density at radius 2 is 2.29 bits per heavy atom. The summed E-state index contributed by atoms with van der Waals surface area (Å²) < 4.78 is 7.64. The largest absolute Gasteiger partial charge is 0.493 e. The molecule has 5 nitrogen and oxygen atoms in total. The summed E-state index contributed by atoms with van der Waals surface area (Å²) in [5.41, 5.74) is 2.65. The molecule has 1 unspecified atom stereocenters. The van der Waals surface area contributed by atoms with Gasteiger partial charge in [0.05, 0.1) is 13.2 Å². The molecule has 5 heteroatoms. The molecule has 1 aliphatic heterocycles. The minimum absolute atomic E-state index is 0.331. The van der Waals surface area contributed by atoms with E-state index in [1.165, 1.54) is 11.1 Å². The summed E-state index contributed by atoms with van der Waals surface area (Å²) in [5, 5.41) is 11.7. The van der Waals surface area contributed by atoms with Crippen LogP contribution in [0.1, 0.15) is 43.3 Å². The van der Waals surface area contributed by atoms with Crippen LogP contribution in [-0.4, -0.2) is 21.4 Å². The Labute approximate surface area is 125 Å². The third kappa shape index (κ3) is 2.93. The van der Waals surface area contributed by atoms with Gasteiger partial charge in [-0.05, 0) is 30.5 Å². The highest BCUT2D eigenvalue weighted by Crippen LogP contribution is 2.29. The number of nitrogens with one attached hydrogen (secondary N) is 1. The van der Waals surface area contributed by atoms with Gasteiger partial charge >= 0.3 is 0 Å². The molecule has 0 fully saturated rings. The van der Waals surface area contributed by atoms with E-state index in [0.29, 0.717) is 6.04 Å². The normalized spacial score (nSPS) is 14.8. The first-order valence-electron chi connectivity index (χ1n) is 7.67. The molecule has 1 atom stereocenters. The number of hydrogen-bond donors (Lipinski definition) is 1. The minimum Gasteiger partial charge on any atom is -0.493 e. The first kappa shape index (κ1) is 14.1. The highest BCUT2D eigenvalue weighted by atomic mass is 16.5. The molecule has 1 aliphatic rings.